The van der Waals surface area contributed by atoms with Gasteiger partial charge in [-0.1, -0.05) is 12.7 Å². The Balaban J connectivity index is 3.57. The molecular weight excluding hydrogens is 178 g/mol. The van der Waals surface area contributed by atoms with Gasteiger partial charge in [-0.15, -0.1) is 0 Å². The molecule has 1 atom stereocenters. The van der Waals surface area contributed by atoms with Crippen LogP contribution in [0, 0.1) is 0 Å². The molecule has 3 N–H and O–H groups in total. The molecule has 0 aromatic rings. The van der Waals surface area contributed by atoms with E-state index in [2.05, 4.69) is 16.6 Å². The average Bonchev–Trinajstić information content (AvgIpc) is 2.10. The molecule has 0 radical (unpaired) electrons. The third-order valence-electron chi connectivity index (χ3n) is 1.06. The molecule has 13 heavy (non-hydrogen) atoms. The Morgan fingerprint density at radius 1 is 1.62 bits per heavy atom. The van der Waals surface area contributed by atoms with Gasteiger partial charge in [0, 0.05) is 0 Å². The molecule has 0 spiro atoms. The van der Waals surface area contributed by atoms with Gasteiger partial charge in [-0.3, -0.25) is 0 Å². The molecule has 0 aromatic heterocycles. The van der Waals surface area contributed by atoms with Gasteiger partial charge in [-0.2, -0.15) is 0 Å². The number of aliphatic hydroxyl groups is 1. The number of carbonyl (C=O) groups excluding carboxylic acids is 1. The van der Waals surface area contributed by atoms with Crippen LogP contribution in [-0.4, -0.2) is 41.5 Å². The summed E-state index contributed by atoms with van der Waals surface area (Å²) in [7, 11) is 0. The smallest absolute Gasteiger partial charge is 0.407 e. The minimum atomic E-state index is -1.61. The molecule has 0 heterocycles. The molecule has 1 amide bonds. The van der Waals surface area contributed by atoms with Crippen LogP contribution in [0.25, 0.3) is 0 Å². The standard InChI is InChI=1S/C7H11NO5/c1-2-3-13-7(12)8-4-5(9)6(10)11/h2,5,9H,1,3-4H2,(H,8,12)(H,10,11)/t5-/m1/s1. The first-order chi connectivity index (χ1) is 6.07. The van der Waals surface area contributed by atoms with E-state index in [1.54, 1.807) is 0 Å². The SMILES string of the molecule is C=CCOC(=O)NC[C@@H](O)C(=O)O. The maximum atomic E-state index is 10.6. The van der Waals surface area contributed by atoms with Crippen molar-refractivity contribution >= 4 is 12.1 Å². The van der Waals surface area contributed by atoms with Crippen LogP contribution in [0.4, 0.5) is 4.79 Å². The molecule has 0 aliphatic carbocycles. The quantitative estimate of drug-likeness (QED) is 0.499. The maximum Gasteiger partial charge on any atom is 0.407 e. The van der Waals surface area contributed by atoms with E-state index in [1.807, 2.05) is 0 Å². The van der Waals surface area contributed by atoms with Crippen LogP contribution in [0.15, 0.2) is 12.7 Å². The van der Waals surface area contributed by atoms with E-state index in [1.165, 1.54) is 6.08 Å². The fraction of sp³-hybridized carbons (Fsp3) is 0.429. The van der Waals surface area contributed by atoms with Gasteiger partial charge in [0.15, 0.2) is 6.10 Å². The molecular formula is C7H11NO5. The highest BCUT2D eigenvalue weighted by Crippen LogP contribution is 1.82. The zero-order valence-corrected chi connectivity index (χ0v) is 6.90. The van der Waals surface area contributed by atoms with Gasteiger partial charge in [0.1, 0.15) is 6.61 Å². The normalized spacial score (nSPS) is 11.5. The molecule has 0 saturated heterocycles. The first-order valence-electron chi connectivity index (χ1n) is 3.50. The van der Waals surface area contributed by atoms with Gasteiger partial charge in [-0.25, -0.2) is 9.59 Å². The van der Waals surface area contributed by atoms with Crippen LogP contribution in [0.3, 0.4) is 0 Å². The Kier molecular flexibility index (Phi) is 5.29. The summed E-state index contributed by atoms with van der Waals surface area (Å²) in [5, 5.41) is 19.0. The highest BCUT2D eigenvalue weighted by atomic mass is 16.5. The van der Waals surface area contributed by atoms with Crippen LogP contribution in [0.2, 0.25) is 0 Å². The molecule has 0 rings (SSSR count). The summed E-state index contributed by atoms with van der Waals surface area (Å²) >= 11 is 0. The number of alkyl carbamates (subject to hydrolysis) is 1. The largest absolute Gasteiger partial charge is 0.479 e. The van der Waals surface area contributed by atoms with E-state index in [9.17, 15) is 9.59 Å². The number of carboxylic acids is 1. The molecule has 0 aliphatic heterocycles. The zero-order valence-electron chi connectivity index (χ0n) is 6.90. The minimum Gasteiger partial charge on any atom is -0.479 e. The Morgan fingerprint density at radius 2 is 2.23 bits per heavy atom. The first kappa shape index (κ1) is 11.4. The lowest BCUT2D eigenvalue weighted by atomic mass is 10.4. The summed E-state index contributed by atoms with van der Waals surface area (Å²) in [5.41, 5.74) is 0. The van der Waals surface area contributed by atoms with E-state index in [4.69, 9.17) is 10.2 Å². The maximum absolute atomic E-state index is 10.6. The number of aliphatic carboxylic acids is 1. The summed E-state index contributed by atoms with van der Waals surface area (Å²) < 4.78 is 4.45. The fourth-order valence-electron chi connectivity index (χ4n) is 0.453. The Bertz CT molecular complexity index is 203. The number of nitrogens with one attached hydrogen (secondary N) is 1. The van der Waals surface area contributed by atoms with Crippen molar-refractivity contribution in [3.05, 3.63) is 12.7 Å². The van der Waals surface area contributed by atoms with Crippen molar-refractivity contribution < 1.29 is 24.5 Å². The van der Waals surface area contributed by atoms with E-state index in [0.717, 1.165) is 0 Å². The lowest BCUT2D eigenvalue weighted by Crippen LogP contribution is -2.36. The van der Waals surface area contributed by atoms with Crippen LogP contribution in [-0.2, 0) is 9.53 Å². The lowest BCUT2D eigenvalue weighted by Gasteiger charge is -2.06. The van der Waals surface area contributed by atoms with Crippen molar-refractivity contribution in [2.75, 3.05) is 13.2 Å². The fourth-order valence-corrected chi connectivity index (χ4v) is 0.453. The molecule has 6 heteroatoms. The topological polar surface area (TPSA) is 95.9 Å². The van der Waals surface area contributed by atoms with Crippen molar-refractivity contribution in [3.8, 4) is 0 Å². The first-order valence-corrected chi connectivity index (χ1v) is 3.50. The van der Waals surface area contributed by atoms with E-state index >= 15 is 0 Å². The monoisotopic (exact) mass is 189 g/mol. The van der Waals surface area contributed by atoms with Gasteiger partial charge in [-0.05, 0) is 0 Å². The lowest BCUT2D eigenvalue weighted by molar-refractivity contribution is -0.146. The zero-order chi connectivity index (χ0) is 10.3. The molecule has 0 fully saturated rings. The number of hydrogen-bond acceptors (Lipinski definition) is 4. The summed E-state index contributed by atoms with van der Waals surface area (Å²) in [6, 6.07) is 0. The van der Waals surface area contributed by atoms with Crippen LogP contribution in [0.1, 0.15) is 0 Å². The van der Waals surface area contributed by atoms with E-state index in [0.29, 0.717) is 0 Å². The number of rotatable bonds is 5. The van der Waals surface area contributed by atoms with Crippen LogP contribution >= 0.6 is 0 Å². The number of hydrogen-bond donors (Lipinski definition) is 3. The van der Waals surface area contributed by atoms with Crippen molar-refractivity contribution in [2.45, 2.75) is 6.10 Å². The van der Waals surface area contributed by atoms with Gasteiger partial charge >= 0.3 is 12.1 Å². The summed E-state index contributed by atoms with van der Waals surface area (Å²) in [6.07, 6.45) is -1.04. The molecule has 0 aromatic carbocycles. The van der Waals surface area contributed by atoms with Crippen molar-refractivity contribution in [1.82, 2.24) is 5.32 Å². The molecule has 0 saturated carbocycles. The number of ether oxygens (including phenoxy) is 1. The predicted octanol–water partition coefficient (Wildman–Crippen LogP) is -0.656. The van der Waals surface area contributed by atoms with E-state index in [-0.39, 0.29) is 13.2 Å². The second-order valence-electron chi connectivity index (χ2n) is 2.12. The Morgan fingerprint density at radius 3 is 2.69 bits per heavy atom. The van der Waals surface area contributed by atoms with Crippen molar-refractivity contribution in [3.63, 3.8) is 0 Å². The highest BCUT2D eigenvalue weighted by molar-refractivity contribution is 5.74. The summed E-state index contributed by atoms with van der Waals surface area (Å²) in [5.74, 6) is -1.40. The molecule has 0 aliphatic rings. The molecule has 6 nitrogen and oxygen atoms in total. The molecule has 0 bridgehead atoms. The molecule has 74 valence electrons. The van der Waals surface area contributed by atoms with Gasteiger partial charge in [0.2, 0.25) is 0 Å². The second kappa shape index (κ2) is 6.01. The predicted molar refractivity (Wildman–Crippen MR) is 43.2 cm³/mol. The number of amides is 1. The minimum absolute atomic E-state index is 0.0367. The number of aliphatic hydroxyl groups excluding tert-OH is 1. The summed E-state index contributed by atoms with van der Waals surface area (Å²) in [6.45, 7) is 2.96. The number of carboxylic acid groups (broad SMARTS) is 1. The van der Waals surface area contributed by atoms with Gasteiger partial charge in [0.25, 0.3) is 0 Å². The van der Waals surface area contributed by atoms with Crippen molar-refractivity contribution in [2.24, 2.45) is 0 Å². The Labute approximate surface area is 74.8 Å². The Hall–Kier alpha value is -1.56. The number of carbonyl (C=O) groups is 2. The van der Waals surface area contributed by atoms with Crippen LogP contribution in [0.5, 0.6) is 0 Å². The van der Waals surface area contributed by atoms with Crippen molar-refractivity contribution in [1.29, 1.82) is 0 Å². The molecule has 0 unspecified atom stereocenters. The van der Waals surface area contributed by atoms with Gasteiger partial charge < -0.3 is 20.3 Å². The summed E-state index contributed by atoms with van der Waals surface area (Å²) in [4.78, 5) is 20.7. The van der Waals surface area contributed by atoms with Gasteiger partial charge in [0.05, 0.1) is 6.54 Å². The third kappa shape index (κ3) is 5.68. The van der Waals surface area contributed by atoms with E-state index < -0.39 is 18.2 Å². The average molecular weight is 189 g/mol. The second-order valence-corrected chi connectivity index (χ2v) is 2.12. The van der Waals surface area contributed by atoms with Crippen LogP contribution < -0.4 is 5.32 Å². The highest BCUT2D eigenvalue weighted by Gasteiger charge is 2.13. The third-order valence-corrected chi connectivity index (χ3v) is 1.06.